The van der Waals surface area contributed by atoms with Crippen LogP contribution in [-0.2, 0) is 4.74 Å². The molecule has 1 atom stereocenters. The standard InChI is InChI=1S/C19H21BrClNO2/c1-2-24-16-6-3-14(4-7-16)19(22-9-11-23-12-10-22)17-13-15(20)5-8-18(17)21/h3-8,13,19H,2,9-12H2,1H3. The molecule has 0 aliphatic carbocycles. The highest BCUT2D eigenvalue weighted by Gasteiger charge is 2.26. The zero-order chi connectivity index (χ0) is 16.9. The number of hydrogen-bond donors (Lipinski definition) is 0. The van der Waals surface area contributed by atoms with E-state index in [1.165, 1.54) is 5.56 Å². The molecular weight excluding hydrogens is 390 g/mol. The molecule has 1 aliphatic rings. The van der Waals surface area contributed by atoms with E-state index in [1.54, 1.807) is 0 Å². The molecule has 0 saturated carbocycles. The summed E-state index contributed by atoms with van der Waals surface area (Å²) in [6.45, 7) is 5.94. The molecule has 0 N–H and O–H groups in total. The summed E-state index contributed by atoms with van der Waals surface area (Å²) in [6, 6.07) is 14.4. The van der Waals surface area contributed by atoms with E-state index in [2.05, 4.69) is 39.0 Å². The first-order valence-corrected chi connectivity index (χ1v) is 9.35. The van der Waals surface area contributed by atoms with E-state index in [-0.39, 0.29) is 6.04 Å². The minimum Gasteiger partial charge on any atom is -0.494 e. The molecule has 1 heterocycles. The van der Waals surface area contributed by atoms with Crippen LogP contribution in [0.5, 0.6) is 5.75 Å². The number of hydrogen-bond acceptors (Lipinski definition) is 3. The molecular formula is C19H21BrClNO2. The molecule has 1 saturated heterocycles. The molecule has 2 aromatic carbocycles. The molecule has 1 fully saturated rings. The van der Waals surface area contributed by atoms with Gasteiger partial charge in [0.1, 0.15) is 5.75 Å². The van der Waals surface area contributed by atoms with Gasteiger partial charge < -0.3 is 9.47 Å². The second kappa shape index (κ2) is 8.34. The number of halogens is 2. The zero-order valence-corrected chi connectivity index (χ0v) is 16.0. The van der Waals surface area contributed by atoms with Gasteiger partial charge in [-0.05, 0) is 48.4 Å². The first-order valence-electron chi connectivity index (χ1n) is 8.18. The summed E-state index contributed by atoms with van der Waals surface area (Å²) in [7, 11) is 0. The van der Waals surface area contributed by atoms with Crippen molar-refractivity contribution < 1.29 is 9.47 Å². The van der Waals surface area contributed by atoms with Gasteiger partial charge in [-0.3, -0.25) is 4.90 Å². The Bertz CT molecular complexity index is 672. The Morgan fingerprint density at radius 3 is 2.54 bits per heavy atom. The van der Waals surface area contributed by atoms with Crippen molar-refractivity contribution in [3.05, 3.63) is 63.1 Å². The quantitative estimate of drug-likeness (QED) is 0.698. The molecule has 0 aromatic heterocycles. The third kappa shape index (κ3) is 4.12. The van der Waals surface area contributed by atoms with Crippen molar-refractivity contribution in [2.24, 2.45) is 0 Å². The third-order valence-corrected chi connectivity index (χ3v) is 5.01. The number of benzene rings is 2. The Morgan fingerprint density at radius 2 is 1.88 bits per heavy atom. The summed E-state index contributed by atoms with van der Waals surface area (Å²) >= 11 is 10.1. The topological polar surface area (TPSA) is 21.7 Å². The van der Waals surface area contributed by atoms with Gasteiger partial charge >= 0.3 is 0 Å². The highest BCUT2D eigenvalue weighted by Crippen LogP contribution is 2.36. The molecule has 3 rings (SSSR count). The lowest BCUT2D eigenvalue weighted by atomic mass is 9.96. The maximum absolute atomic E-state index is 6.54. The summed E-state index contributed by atoms with van der Waals surface area (Å²) in [6.07, 6.45) is 0. The summed E-state index contributed by atoms with van der Waals surface area (Å²) in [5.41, 5.74) is 2.32. The van der Waals surface area contributed by atoms with E-state index in [0.717, 1.165) is 47.1 Å². The summed E-state index contributed by atoms with van der Waals surface area (Å²) < 4.78 is 12.1. The Labute approximate surface area is 156 Å². The first kappa shape index (κ1) is 17.7. The SMILES string of the molecule is CCOc1ccc(C(c2cc(Br)ccc2Cl)N2CCOCC2)cc1. The Balaban J connectivity index is 1.99. The molecule has 5 heteroatoms. The highest BCUT2D eigenvalue weighted by atomic mass is 79.9. The van der Waals surface area contributed by atoms with Crippen LogP contribution < -0.4 is 4.74 Å². The average Bonchev–Trinajstić information content (AvgIpc) is 2.61. The molecule has 3 nitrogen and oxygen atoms in total. The molecule has 0 amide bonds. The normalized spacial score (nSPS) is 16.8. The average molecular weight is 411 g/mol. The number of nitrogens with zero attached hydrogens (tertiary/aromatic N) is 1. The van der Waals surface area contributed by atoms with Crippen molar-refractivity contribution in [2.75, 3.05) is 32.9 Å². The maximum atomic E-state index is 6.54. The Morgan fingerprint density at radius 1 is 1.17 bits per heavy atom. The lowest BCUT2D eigenvalue weighted by Crippen LogP contribution is -2.39. The van der Waals surface area contributed by atoms with Gasteiger partial charge in [-0.25, -0.2) is 0 Å². The maximum Gasteiger partial charge on any atom is 0.119 e. The number of rotatable bonds is 5. The fourth-order valence-electron chi connectivity index (χ4n) is 3.06. The number of morpholine rings is 1. The fourth-order valence-corrected chi connectivity index (χ4v) is 3.66. The van der Waals surface area contributed by atoms with Gasteiger partial charge in [0.25, 0.3) is 0 Å². The monoisotopic (exact) mass is 409 g/mol. The predicted molar refractivity (Wildman–Crippen MR) is 101 cm³/mol. The van der Waals surface area contributed by atoms with E-state index in [9.17, 15) is 0 Å². The minimum atomic E-state index is 0.106. The predicted octanol–water partition coefficient (Wildman–Crippen LogP) is 4.92. The van der Waals surface area contributed by atoms with Gasteiger partial charge in [0.15, 0.2) is 0 Å². The van der Waals surface area contributed by atoms with Gasteiger partial charge in [0.05, 0.1) is 25.9 Å². The van der Waals surface area contributed by atoms with Gasteiger partial charge in [0, 0.05) is 22.6 Å². The molecule has 24 heavy (non-hydrogen) atoms. The van der Waals surface area contributed by atoms with Crippen LogP contribution in [0.15, 0.2) is 46.9 Å². The van der Waals surface area contributed by atoms with Crippen molar-refractivity contribution in [3.8, 4) is 5.75 Å². The zero-order valence-electron chi connectivity index (χ0n) is 13.7. The van der Waals surface area contributed by atoms with Gasteiger partial charge in [-0.1, -0.05) is 39.7 Å². The van der Waals surface area contributed by atoms with Crippen molar-refractivity contribution in [3.63, 3.8) is 0 Å². The van der Waals surface area contributed by atoms with Crippen LogP contribution >= 0.6 is 27.5 Å². The van der Waals surface area contributed by atoms with Crippen molar-refractivity contribution in [1.82, 2.24) is 4.90 Å². The van der Waals surface area contributed by atoms with Crippen molar-refractivity contribution >= 4 is 27.5 Å². The second-order valence-corrected chi connectivity index (χ2v) is 7.04. The van der Waals surface area contributed by atoms with Crippen molar-refractivity contribution in [1.29, 1.82) is 0 Å². The van der Waals surface area contributed by atoms with Gasteiger partial charge in [-0.2, -0.15) is 0 Å². The van der Waals surface area contributed by atoms with Gasteiger partial charge in [-0.15, -0.1) is 0 Å². The van der Waals surface area contributed by atoms with Gasteiger partial charge in [0.2, 0.25) is 0 Å². The smallest absolute Gasteiger partial charge is 0.119 e. The first-order chi connectivity index (χ1) is 11.7. The molecule has 2 aromatic rings. The Hall–Kier alpha value is -1.07. The van der Waals surface area contributed by atoms with Crippen LogP contribution in [0.25, 0.3) is 0 Å². The van der Waals surface area contributed by atoms with Crippen LogP contribution in [0, 0.1) is 0 Å². The van der Waals surface area contributed by atoms with Crippen LogP contribution in [0.4, 0.5) is 0 Å². The third-order valence-electron chi connectivity index (χ3n) is 4.17. The van der Waals surface area contributed by atoms with E-state index in [0.29, 0.717) is 6.61 Å². The van der Waals surface area contributed by atoms with Crippen LogP contribution in [0.3, 0.4) is 0 Å². The molecule has 128 valence electrons. The summed E-state index contributed by atoms with van der Waals surface area (Å²) in [4.78, 5) is 2.42. The molecule has 0 radical (unpaired) electrons. The van der Waals surface area contributed by atoms with Crippen LogP contribution in [0.1, 0.15) is 24.1 Å². The fraction of sp³-hybridized carbons (Fsp3) is 0.368. The highest BCUT2D eigenvalue weighted by molar-refractivity contribution is 9.10. The summed E-state index contributed by atoms with van der Waals surface area (Å²) in [5.74, 6) is 0.891. The molecule has 0 bridgehead atoms. The summed E-state index contributed by atoms with van der Waals surface area (Å²) in [5, 5.41) is 0.781. The lowest BCUT2D eigenvalue weighted by molar-refractivity contribution is 0.0239. The van der Waals surface area contributed by atoms with Crippen molar-refractivity contribution in [2.45, 2.75) is 13.0 Å². The minimum absolute atomic E-state index is 0.106. The van der Waals surface area contributed by atoms with Crippen LogP contribution in [0.2, 0.25) is 5.02 Å². The van der Waals surface area contributed by atoms with E-state index >= 15 is 0 Å². The molecule has 1 unspecified atom stereocenters. The second-order valence-electron chi connectivity index (χ2n) is 5.72. The Kier molecular flexibility index (Phi) is 6.17. The van der Waals surface area contributed by atoms with E-state index in [4.69, 9.17) is 21.1 Å². The largest absolute Gasteiger partial charge is 0.494 e. The van der Waals surface area contributed by atoms with E-state index in [1.807, 2.05) is 31.2 Å². The molecule has 0 spiro atoms. The van der Waals surface area contributed by atoms with Crippen LogP contribution in [-0.4, -0.2) is 37.8 Å². The van der Waals surface area contributed by atoms with E-state index < -0.39 is 0 Å². The molecule has 1 aliphatic heterocycles. The number of ether oxygens (including phenoxy) is 2. The lowest BCUT2D eigenvalue weighted by Gasteiger charge is -2.35.